The van der Waals surface area contributed by atoms with Crippen LogP contribution >= 0.6 is 0 Å². The predicted octanol–water partition coefficient (Wildman–Crippen LogP) is 1.57. The maximum Gasteiger partial charge on any atom is 0.433 e. The molecule has 2 unspecified atom stereocenters. The number of carbonyl (C=O) groups is 2. The second-order valence-electron chi connectivity index (χ2n) is 4.92. The van der Waals surface area contributed by atoms with E-state index in [9.17, 15) is 24.8 Å². The number of rotatable bonds is 4. The molecule has 1 aliphatic rings. The molecule has 0 bridgehead atoms. The topological polar surface area (TPSA) is 114 Å². The highest BCUT2D eigenvalue weighted by Gasteiger charge is 2.47. The Morgan fingerprint density at radius 3 is 2.65 bits per heavy atom. The maximum absolute atomic E-state index is 11.9. The van der Waals surface area contributed by atoms with Crippen molar-refractivity contribution in [1.82, 2.24) is 4.90 Å². The van der Waals surface area contributed by atoms with Crippen molar-refractivity contribution in [2.45, 2.75) is 32.4 Å². The summed E-state index contributed by atoms with van der Waals surface area (Å²) < 4.78 is 5.08. The fraction of sp³-hybridized carbons (Fsp3) is 0.500. The van der Waals surface area contributed by atoms with Gasteiger partial charge in [0.15, 0.2) is 0 Å². The quantitative estimate of drug-likeness (QED) is 0.662. The van der Waals surface area contributed by atoms with Gasteiger partial charge in [0.05, 0.1) is 12.0 Å². The van der Waals surface area contributed by atoms with Gasteiger partial charge in [-0.3, -0.25) is 19.7 Å². The van der Waals surface area contributed by atoms with Crippen molar-refractivity contribution in [3.8, 4) is 0 Å². The van der Waals surface area contributed by atoms with Gasteiger partial charge in [0, 0.05) is 12.5 Å². The third-order valence-corrected chi connectivity index (χ3v) is 3.32. The van der Waals surface area contributed by atoms with Gasteiger partial charge in [-0.2, -0.15) is 0 Å². The van der Waals surface area contributed by atoms with E-state index in [1.165, 1.54) is 11.0 Å². The highest BCUT2D eigenvalue weighted by atomic mass is 16.6. The van der Waals surface area contributed by atoms with Crippen LogP contribution in [0, 0.1) is 16.0 Å². The Balaban J connectivity index is 2.43. The van der Waals surface area contributed by atoms with Crippen molar-refractivity contribution in [2.75, 3.05) is 0 Å². The lowest BCUT2D eigenvalue weighted by atomic mass is 9.98. The molecule has 1 fully saturated rings. The molecule has 0 radical (unpaired) electrons. The van der Waals surface area contributed by atoms with Gasteiger partial charge in [-0.15, -0.1) is 0 Å². The van der Waals surface area contributed by atoms with E-state index in [-0.39, 0.29) is 24.1 Å². The fourth-order valence-corrected chi connectivity index (χ4v) is 2.52. The Bertz CT molecular complexity index is 564. The van der Waals surface area contributed by atoms with Gasteiger partial charge in [-0.1, -0.05) is 0 Å². The number of aliphatic carboxylic acids is 1. The first-order valence-electron chi connectivity index (χ1n) is 6.11. The van der Waals surface area contributed by atoms with E-state index in [0.717, 1.165) is 6.07 Å². The summed E-state index contributed by atoms with van der Waals surface area (Å²) in [7, 11) is 0. The van der Waals surface area contributed by atoms with Gasteiger partial charge in [-0.05, 0) is 19.9 Å². The number of amides is 1. The minimum Gasteiger partial charge on any atom is -0.481 e. The molecule has 2 heterocycles. The largest absolute Gasteiger partial charge is 0.481 e. The molecule has 108 valence electrons. The normalized spacial score (nSPS) is 22.6. The molecule has 20 heavy (non-hydrogen) atoms. The molecule has 1 N–H and O–H groups in total. The summed E-state index contributed by atoms with van der Waals surface area (Å²) in [5, 5.41) is 19.9. The predicted molar refractivity (Wildman–Crippen MR) is 65.8 cm³/mol. The van der Waals surface area contributed by atoms with E-state index < -0.39 is 28.7 Å². The summed E-state index contributed by atoms with van der Waals surface area (Å²) in [6.45, 7) is 3.51. The number of furan rings is 1. The Hall–Kier alpha value is -2.38. The Morgan fingerprint density at radius 1 is 1.55 bits per heavy atom. The van der Waals surface area contributed by atoms with Crippen molar-refractivity contribution < 1.29 is 24.0 Å². The molecule has 0 saturated carbocycles. The number of nitrogens with zero attached hydrogens (tertiary/aromatic N) is 2. The van der Waals surface area contributed by atoms with Gasteiger partial charge in [0.1, 0.15) is 16.7 Å². The summed E-state index contributed by atoms with van der Waals surface area (Å²) in [6, 6.07) is 1.48. The Kier molecular flexibility index (Phi) is 3.47. The molecule has 1 saturated heterocycles. The zero-order chi connectivity index (χ0) is 15.0. The highest BCUT2D eigenvalue weighted by Crippen LogP contribution is 2.41. The lowest BCUT2D eigenvalue weighted by Crippen LogP contribution is -2.35. The molecular weight excluding hydrogens is 268 g/mol. The second-order valence-corrected chi connectivity index (χ2v) is 4.92. The van der Waals surface area contributed by atoms with Gasteiger partial charge in [0.25, 0.3) is 0 Å². The number of carboxylic acid groups (broad SMARTS) is 1. The summed E-state index contributed by atoms with van der Waals surface area (Å²) in [6.07, 6.45) is -0.132. The summed E-state index contributed by atoms with van der Waals surface area (Å²) in [5.41, 5.74) is 0. The lowest BCUT2D eigenvalue weighted by molar-refractivity contribution is -0.402. The Labute approximate surface area is 114 Å². The van der Waals surface area contributed by atoms with E-state index in [1.807, 2.05) is 0 Å². The first-order valence-corrected chi connectivity index (χ1v) is 6.11. The van der Waals surface area contributed by atoms with Crippen LogP contribution in [0.5, 0.6) is 0 Å². The lowest BCUT2D eigenvalue weighted by Gasteiger charge is -2.28. The van der Waals surface area contributed by atoms with Gasteiger partial charge >= 0.3 is 11.9 Å². The maximum atomic E-state index is 11.9. The molecule has 1 amide bonds. The fourth-order valence-electron chi connectivity index (χ4n) is 2.52. The number of hydrogen-bond acceptors (Lipinski definition) is 5. The van der Waals surface area contributed by atoms with E-state index in [2.05, 4.69) is 0 Å². The summed E-state index contributed by atoms with van der Waals surface area (Å²) in [5.74, 6) is -2.71. The van der Waals surface area contributed by atoms with Crippen LogP contribution in [0.15, 0.2) is 16.5 Å². The van der Waals surface area contributed by atoms with E-state index in [0.29, 0.717) is 0 Å². The molecule has 2 atom stereocenters. The van der Waals surface area contributed by atoms with E-state index in [4.69, 9.17) is 4.42 Å². The van der Waals surface area contributed by atoms with E-state index >= 15 is 0 Å². The number of nitro groups is 1. The average Bonchev–Trinajstić information content (AvgIpc) is 2.91. The summed E-state index contributed by atoms with van der Waals surface area (Å²) >= 11 is 0. The van der Waals surface area contributed by atoms with Gasteiger partial charge in [-0.25, -0.2) is 0 Å². The third-order valence-electron chi connectivity index (χ3n) is 3.32. The summed E-state index contributed by atoms with van der Waals surface area (Å²) in [4.78, 5) is 34.6. The van der Waals surface area contributed by atoms with Crippen LogP contribution in [0.2, 0.25) is 0 Å². The highest BCUT2D eigenvalue weighted by molar-refractivity contribution is 5.87. The Morgan fingerprint density at radius 2 is 2.20 bits per heavy atom. The molecule has 1 aromatic rings. The molecule has 2 rings (SSSR count). The van der Waals surface area contributed by atoms with Crippen LogP contribution in [-0.2, 0) is 9.59 Å². The zero-order valence-corrected chi connectivity index (χ0v) is 11.0. The van der Waals surface area contributed by atoms with Crippen molar-refractivity contribution >= 4 is 17.8 Å². The van der Waals surface area contributed by atoms with Crippen molar-refractivity contribution in [3.05, 3.63) is 28.0 Å². The molecule has 8 nitrogen and oxygen atoms in total. The molecular formula is C12H14N2O6. The standard InChI is InChI=1S/C12H14N2O6/c1-6(2)13-9(15)5-7(12(16)17)11(13)8-3-4-10(20-8)14(18)19/h3-4,6-7,11H,5H2,1-2H3,(H,16,17). The first kappa shape index (κ1) is 14.0. The molecule has 0 aromatic carbocycles. The number of carbonyl (C=O) groups excluding carboxylic acids is 1. The monoisotopic (exact) mass is 282 g/mol. The zero-order valence-electron chi connectivity index (χ0n) is 11.0. The van der Waals surface area contributed by atoms with Gasteiger partial charge < -0.3 is 14.4 Å². The number of carboxylic acids is 1. The third kappa shape index (κ3) is 2.24. The average molecular weight is 282 g/mol. The minimum absolute atomic E-state index is 0.128. The van der Waals surface area contributed by atoms with Gasteiger partial charge in [0.2, 0.25) is 5.91 Å². The molecule has 1 aliphatic heterocycles. The molecule has 1 aromatic heterocycles. The van der Waals surface area contributed by atoms with Crippen LogP contribution in [0.4, 0.5) is 5.88 Å². The van der Waals surface area contributed by atoms with Crippen LogP contribution in [-0.4, -0.2) is 32.8 Å². The van der Waals surface area contributed by atoms with Crippen LogP contribution in [0.3, 0.4) is 0 Å². The molecule has 8 heteroatoms. The molecule has 0 aliphatic carbocycles. The van der Waals surface area contributed by atoms with Crippen molar-refractivity contribution in [1.29, 1.82) is 0 Å². The van der Waals surface area contributed by atoms with Crippen LogP contribution in [0.1, 0.15) is 32.1 Å². The minimum atomic E-state index is -1.12. The van der Waals surface area contributed by atoms with Crippen molar-refractivity contribution in [2.24, 2.45) is 5.92 Å². The van der Waals surface area contributed by atoms with Crippen LogP contribution in [0.25, 0.3) is 0 Å². The van der Waals surface area contributed by atoms with Crippen LogP contribution < -0.4 is 0 Å². The van der Waals surface area contributed by atoms with E-state index in [1.54, 1.807) is 13.8 Å². The smallest absolute Gasteiger partial charge is 0.433 e. The SMILES string of the molecule is CC(C)N1C(=O)CC(C(=O)O)C1c1ccc([N+](=O)[O-])o1. The number of hydrogen-bond donors (Lipinski definition) is 1. The first-order chi connectivity index (χ1) is 9.32. The van der Waals surface area contributed by atoms with Crippen molar-refractivity contribution in [3.63, 3.8) is 0 Å². The second kappa shape index (κ2) is 4.95. The number of likely N-dealkylation sites (tertiary alicyclic amines) is 1. The molecule has 0 spiro atoms.